The summed E-state index contributed by atoms with van der Waals surface area (Å²) in [6, 6.07) is 7.68. The van der Waals surface area contributed by atoms with E-state index in [2.05, 4.69) is 5.32 Å². The van der Waals surface area contributed by atoms with Gasteiger partial charge in [-0.3, -0.25) is 9.59 Å². The summed E-state index contributed by atoms with van der Waals surface area (Å²) in [5.41, 5.74) is 1.55. The molecule has 0 aliphatic carbocycles. The first-order valence-electron chi connectivity index (χ1n) is 5.96. The maximum absolute atomic E-state index is 11.8. The van der Waals surface area contributed by atoms with E-state index in [1.807, 2.05) is 35.8 Å². The molecule has 1 aromatic carbocycles. The van der Waals surface area contributed by atoms with Crippen molar-refractivity contribution < 1.29 is 9.59 Å². The zero-order valence-corrected chi connectivity index (χ0v) is 10.8. The summed E-state index contributed by atoms with van der Waals surface area (Å²) in [7, 11) is 0. The second-order valence-electron chi connectivity index (χ2n) is 4.22. The van der Waals surface area contributed by atoms with Gasteiger partial charge < -0.3 is 9.88 Å². The van der Waals surface area contributed by atoms with E-state index >= 15 is 0 Å². The number of nitrogens with one attached hydrogen (secondary N) is 1. The van der Waals surface area contributed by atoms with Crippen LogP contribution in [0.4, 0.5) is 5.82 Å². The van der Waals surface area contributed by atoms with Crippen molar-refractivity contribution in [3.05, 3.63) is 29.8 Å². The molecular formula is C14H16N2O2. The summed E-state index contributed by atoms with van der Waals surface area (Å²) in [5.74, 6) is 0.385. The Morgan fingerprint density at radius 2 is 1.89 bits per heavy atom. The van der Waals surface area contributed by atoms with Crippen LogP contribution in [0.15, 0.2) is 24.3 Å². The van der Waals surface area contributed by atoms with Crippen molar-refractivity contribution in [2.45, 2.75) is 27.3 Å². The Labute approximate surface area is 106 Å². The van der Waals surface area contributed by atoms with Crippen molar-refractivity contribution in [3.63, 3.8) is 0 Å². The molecule has 0 aliphatic rings. The van der Waals surface area contributed by atoms with E-state index in [0.29, 0.717) is 17.9 Å². The largest absolute Gasteiger partial charge is 0.327 e. The van der Waals surface area contributed by atoms with Crippen LogP contribution in [0.2, 0.25) is 0 Å². The fraction of sp³-hybridized carbons (Fsp3) is 0.286. The van der Waals surface area contributed by atoms with Crippen LogP contribution in [0, 0.1) is 0 Å². The normalized spacial score (nSPS) is 10.6. The van der Waals surface area contributed by atoms with Crippen LogP contribution in [0.1, 0.15) is 31.1 Å². The number of benzene rings is 1. The van der Waals surface area contributed by atoms with Gasteiger partial charge in [0.25, 0.3) is 0 Å². The Morgan fingerprint density at radius 1 is 1.22 bits per heavy atom. The van der Waals surface area contributed by atoms with Gasteiger partial charge in [0, 0.05) is 18.9 Å². The summed E-state index contributed by atoms with van der Waals surface area (Å²) in [4.78, 5) is 23.1. The average molecular weight is 244 g/mol. The molecule has 1 aromatic heterocycles. The van der Waals surface area contributed by atoms with E-state index in [-0.39, 0.29) is 11.7 Å². The lowest BCUT2D eigenvalue weighted by molar-refractivity contribution is -0.114. The van der Waals surface area contributed by atoms with Crippen LogP contribution in [0.3, 0.4) is 0 Å². The third-order valence-electron chi connectivity index (χ3n) is 2.93. The third kappa shape index (κ3) is 1.90. The van der Waals surface area contributed by atoms with Crippen molar-refractivity contribution in [2.24, 2.45) is 0 Å². The highest BCUT2D eigenvalue weighted by molar-refractivity contribution is 6.13. The summed E-state index contributed by atoms with van der Waals surface area (Å²) < 4.78 is 1.95. The number of nitrogens with zero attached hydrogens (tertiary/aromatic N) is 1. The molecule has 0 bridgehead atoms. The van der Waals surface area contributed by atoms with Gasteiger partial charge in [-0.2, -0.15) is 0 Å². The minimum atomic E-state index is -0.171. The number of fused-ring (bicyclic) bond motifs is 1. The first-order chi connectivity index (χ1) is 8.56. The fourth-order valence-electron chi connectivity index (χ4n) is 2.28. The first-order valence-corrected chi connectivity index (χ1v) is 5.96. The van der Waals surface area contributed by atoms with E-state index in [4.69, 9.17) is 0 Å². The standard InChI is InChI=1S/C14H16N2O2/c1-4-16-12-8-6-5-7-11(12)13(9(2)17)14(16)15-10(3)18/h5-8H,4H2,1-3H3,(H,15,18). The summed E-state index contributed by atoms with van der Waals surface area (Å²) in [6.07, 6.45) is 0. The zero-order valence-electron chi connectivity index (χ0n) is 10.8. The lowest BCUT2D eigenvalue weighted by Crippen LogP contribution is -2.13. The minimum absolute atomic E-state index is 0.0397. The Balaban J connectivity index is 2.82. The fourth-order valence-corrected chi connectivity index (χ4v) is 2.28. The number of carbonyl (C=O) groups excluding carboxylic acids is 2. The SMILES string of the molecule is CCn1c(NC(C)=O)c(C(C)=O)c2ccccc21. The van der Waals surface area contributed by atoms with Crippen LogP contribution in [0.25, 0.3) is 10.9 Å². The van der Waals surface area contributed by atoms with E-state index in [0.717, 1.165) is 10.9 Å². The smallest absolute Gasteiger partial charge is 0.222 e. The number of rotatable bonds is 3. The van der Waals surface area contributed by atoms with E-state index in [1.165, 1.54) is 13.8 Å². The van der Waals surface area contributed by atoms with Crippen molar-refractivity contribution in [1.82, 2.24) is 4.57 Å². The molecule has 0 saturated heterocycles. The predicted molar refractivity (Wildman–Crippen MR) is 71.9 cm³/mol. The maximum Gasteiger partial charge on any atom is 0.222 e. The Kier molecular flexibility index (Phi) is 3.19. The first kappa shape index (κ1) is 12.4. The molecule has 0 saturated carbocycles. The number of amides is 1. The molecule has 1 amide bonds. The van der Waals surface area contributed by atoms with Gasteiger partial charge >= 0.3 is 0 Å². The Bertz CT molecular complexity index is 626. The monoisotopic (exact) mass is 244 g/mol. The van der Waals surface area contributed by atoms with Crippen molar-refractivity contribution in [2.75, 3.05) is 5.32 Å². The van der Waals surface area contributed by atoms with Crippen molar-refractivity contribution in [3.8, 4) is 0 Å². The molecular weight excluding hydrogens is 228 g/mol. The third-order valence-corrected chi connectivity index (χ3v) is 2.93. The molecule has 1 heterocycles. The number of ketones is 1. The molecule has 0 fully saturated rings. The van der Waals surface area contributed by atoms with Gasteiger partial charge in [-0.05, 0) is 19.9 Å². The molecule has 94 valence electrons. The molecule has 4 nitrogen and oxygen atoms in total. The van der Waals surface area contributed by atoms with Gasteiger partial charge in [0.05, 0.1) is 11.1 Å². The van der Waals surface area contributed by atoms with Gasteiger partial charge in [0.1, 0.15) is 5.82 Å². The van der Waals surface area contributed by atoms with Crippen LogP contribution in [0.5, 0.6) is 0 Å². The lowest BCUT2D eigenvalue weighted by Gasteiger charge is -2.09. The van der Waals surface area contributed by atoms with Gasteiger partial charge in [0.15, 0.2) is 5.78 Å². The van der Waals surface area contributed by atoms with Crippen LogP contribution in [-0.4, -0.2) is 16.3 Å². The molecule has 0 aliphatic heterocycles. The Hall–Kier alpha value is -2.10. The van der Waals surface area contributed by atoms with Gasteiger partial charge in [-0.15, -0.1) is 0 Å². The highest BCUT2D eigenvalue weighted by Crippen LogP contribution is 2.30. The number of para-hydroxylation sites is 1. The van der Waals surface area contributed by atoms with E-state index < -0.39 is 0 Å². The second-order valence-corrected chi connectivity index (χ2v) is 4.22. The average Bonchev–Trinajstić information content (AvgIpc) is 2.61. The number of Topliss-reactive ketones (excluding diaryl/α,β-unsaturated/α-hetero) is 1. The molecule has 0 radical (unpaired) electrons. The summed E-state index contributed by atoms with van der Waals surface area (Å²) in [6.45, 7) is 5.65. The topological polar surface area (TPSA) is 51.1 Å². The molecule has 0 spiro atoms. The molecule has 2 aromatic rings. The highest BCUT2D eigenvalue weighted by Gasteiger charge is 2.19. The number of hydrogen-bond donors (Lipinski definition) is 1. The quantitative estimate of drug-likeness (QED) is 0.844. The molecule has 0 unspecified atom stereocenters. The van der Waals surface area contributed by atoms with Gasteiger partial charge in [-0.25, -0.2) is 0 Å². The minimum Gasteiger partial charge on any atom is -0.327 e. The zero-order chi connectivity index (χ0) is 13.3. The van der Waals surface area contributed by atoms with Crippen molar-refractivity contribution in [1.29, 1.82) is 0 Å². The van der Waals surface area contributed by atoms with Crippen LogP contribution >= 0.6 is 0 Å². The van der Waals surface area contributed by atoms with Gasteiger partial charge in [-0.1, -0.05) is 18.2 Å². The second kappa shape index (κ2) is 4.64. The number of hydrogen-bond acceptors (Lipinski definition) is 2. The molecule has 0 atom stereocenters. The van der Waals surface area contributed by atoms with Gasteiger partial charge in [0.2, 0.25) is 5.91 Å². The van der Waals surface area contributed by atoms with E-state index in [1.54, 1.807) is 0 Å². The molecule has 18 heavy (non-hydrogen) atoms. The Morgan fingerprint density at radius 3 is 2.44 bits per heavy atom. The van der Waals surface area contributed by atoms with E-state index in [9.17, 15) is 9.59 Å². The summed E-state index contributed by atoms with van der Waals surface area (Å²) in [5, 5.41) is 3.65. The summed E-state index contributed by atoms with van der Waals surface area (Å²) >= 11 is 0. The van der Waals surface area contributed by atoms with Crippen LogP contribution in [-0.2, 0) is 11.3 Å². The van der Waals surface area contributed by atoms with Crippen molar-refractivity contribution >= 4 is 28.4 Å². The lowest BCUT2D eigenvalue weighted by atomic mass is 10.1. The molecule has 1 N–H and O–H groups in total. The van der Waals surface area contributed by atoms with Crippen LogP contribution < -0.4 is 5.32 Å². The maximum atomic E-state index is 11.8. The predicted octanol–water partition coefficient (Wildman–Crippen LogP) is 2.82. The number of aromatic nitrogens is 1. The molecule has 2 rings (SSSR count). The number of carbonyl (C=O) groups is 2. The highest BCUT2D eigenvalue weighted by atomic mass is 16.1. The molecule has 4 heteroatoms. The number of aryl methyl sites for hydroxylation is 1. The number of anilines is 1.